The van der Waals surface area contributed by atoms with E-state index in [4.69, 9.17) is 0 Å². The summed E-state index contributed by atoms with van der Waals surface area (Å²) < 4.78 is 1.82. The molecule has 1 aliphatic rings. The van der Waals surface area contributed by atoms with E-state index in [0.29, 0.717) is 19.6 Å². The maximum Gasteiger partial charge on any atom is 0.242 e. The highest BCUT2D eigenvalue weighted by Gasteiger charge is 2.26. The second kappa shape index (κ2) is 6.20. The molecule has 6 nitrogen and oxygen atoms in total. The first kappa shape index (κ1) is 15.6. The third kappa shape index (κ3) is 3.07. The van der Waals surface area contributed by atoms with Gasteiger partial charge in [0.15, 0.2) is 5.82 Å². The van der Waals surface area contributed by atoms with Gasteiger partial charge in [0.25, 0.3) is 0 Å². The summed E-state index contributed by atoms with van der Waals surface area (Å²) in [5.74, 6) is 0.958. The molecule has 0 atom stereocenters. The summed E-state index contributed by atoms with van der Waals surface area (Å²) in [6.07, 6.45) is 3.57. The second-order valence-corrected chi connectivity index (χ2v) is 6.59. The first-order valence-electron chi connectivity index (χ1n) is 8.49. The van der Waals surface area contributed by atoms with E-state index < -0.39 is 0 Å². The molecular formula is C19H21N5O. The van der Waals surface area contributed by atoms with E-state index in [9.17, 15) is 4.79 Å². The molecule has 3 aromatic rings. The highest BCUT2D eigenvalue weighted by molar-refractivity contribution is 5.84. The molecule has 1 aliphatic heterocycles. The van der Waals surface area contributed by atoms with Crippen LogP contribution in [0, 0.1) is 13.8 Å². The lowest BCUT2D eigenvalue weighted by Crippen LogP contribution is -2.50. The lowest BCUT2D eigenvalue weighted by Gasteiger charge is -2.35. The molecule has 0 saturated carbocycles. The molecule has 0 radical (unpaired) electrons. The number of nitrogens with zero attached hydrogens (tertiary/aromatic N) is 5. The van der Waals surface area contributed by atoms with E-state index in [1.807, 2.05) is 39.6 Å². The van der Waals surface area contributed by atoms with Crippen molar-refractivity contribution in [2.75, 3.05) is 24.5 Å². The minimum atomic E-state index is 0.132. The Labute approximate surface area is 146 Å². The van der Waals surface area contributed by atoms with Gasteiger partial charge in [0.2, 0.25) is 5.91 Å². The molecule has 0 aliphatic carbocycles. The zero-order valence-corrected chi connectivity index (χ0v) is 14.5. The van der Waals surface area contributed by atoms with Gasteiger partial charge in [-0.05, 0) is 25.5 Å². The molecule has 0 N–H and O–H groups in total. The van der Waals surface area contributed by atoms with Crippen LogP contribution in [0.3, 0.4) is 0 Å². The quantitative estimate of drug-likeness (QED) is 0.736. The first-order valence-corrected chi connectivity index (χ1v) is 8.49. The number of carbonyl (C=O) groups excluding carboxylic acids is 1. The molecule has 2 aromatic heterocycles. The van der Waals surface area contributed by atoms with Crippen molar-refractivity contribution in [3.63, 3.8) is 0 Å². The van der Waals surface area contributed by atoms with Gasteiger partial charge in [0.1, 0.15) is 5.52 Å². The Kier molecular flexibility index (Phi) is 3.87. The summed E-state index contributed by atoms with van der Waals surface area (Å²) in [5, 5.41) is 4.42. The highest BCUT2D eigenvalue weighted by Crippen LogP contribution is 2.22. The van der Waals surface area contributed by atoms with E-state index >= 15 is 0 Å². The van der Waals surface area contributed by atoms with Crippen LogP contribution < -0.4 is 4.90 Å². The number of aryl methyl sites for hydroxylation is 2. The lowest BCUT2D eigenvalue weighted by atomic mass is 10.1. The Hall–Kier alpha value is -2.89. The van der Waals surface area contributed by atoms with E-state index in [-0.39, 0.29) is 5.91 Å². The smallest absolute Gasteiger partial charge is 0.242 e. The van der Waals surface area contributed by atoms with E-state index in [0.717, 1.165) is 23.6 Å². The summed E-state index contributed by atoms with van der Waals surface area (Å²) in [5.41, 5.74) is 4.28. The summed E-state index contributed by atoms with van der Waals surface area (Å²) in [7, 11) is 0. The maximum atomic E-state index is 12.6. The Bertz CT molecular complexity index is 932. The number of hydrogen-bond donors (Lipinski definition) is 0. The number of aromatic nitrogens is 3. The average molecular weight is 335 g/mol. The Morgan fingerprint density at radius 2 is 2.04 bits per heavy atom. The van der Waals surface area contributed by atoms with Gasteiger partial charge < -0.3 is 9.80 Å². The topological polar surface area (TPSA) is 53.7 Å². The van der Waals surface area contributed by atoms with Crippen molar-refractivity contribution in [1.82, 2.24) is 19.5 Å². The van der Waals surface area contributed by atoms with Crippen LogP contribution in [0.5, 0.6) is 0 Å². The number of anilines is 1. The average Bonchev–Trinajstić information content (AvgIpc) is 2.97. The van der Waals surface area contributed by atoms with Crippen molar-refractivity contribution >= 4 is 17.2 Å². The van der Waals surface area contributed by atoms with Gasteiger partial charge in [0.05, 0.1) is 12.2 Å². The van der Waals surface area contributed by atoms with Crippen LogP contribution in [-0.4, -0.2) is 45.0 Å². The predicted molar refractivity (Wildman–Crippen MR) is 96.5 cm³/mol. The molecule has 1 saturated heterocycles. The molecule has 0 spiro atoms. The first-order chi connectivity index (χ1) is 12.1. The van der Waals surface area contributed by atoms with Gasteiger partial charge in [-0.25, -0.2) is 9.50 Å². The highest BCUT2D eigenvalue weighted by atomic mass is 16.2. The van der Waals surface area contributed by atoms with Gasteiger partial charge >= 0.3 is 0 Å². The van der Waals surface area contributed by atoms with Crippen LogP contribution in [0.25, 0.3) is 5.52 Å². The van der Waals surface area contributed by atoms with E-state index in [1.165, 1.54) is 11.1 Å². The van der Waals surface area contributed by atoms with Gasteiger partial charge in [-0.3, -0.25) is 4.79 Å². The van der Waals surface area contributed by atoms with Crippen molar-refractivity contribution < 1.29 is 4.79 Å². The molecule has 1 amide bonds. The Balaban J connectivity index is 1.52. The standard InChI is InChI=1S/C19H21N5O/c1-14-4-3-5-16(10-14)12-22-8-9-23(13-18(22)25)19-17-11-15(2)21-24(17)7-6-20-19/h3-7,10-11H,8-9,12-13H2,1-2H3. The lowest BCUT2D eigenvalue weighted by molar-refractivity contribution is -0.131. The number of rotatable bonds is 3. The summed E-state index contributed by atoms with van der Waals surface area (Å²) in [4.78, 5) is 21.1. The fourth-order valence-corrected chi connectivity index (χ4v) is 3.36. The van der Waals surface area contributed by atoms with Crippen LogP contribution >= 0.6 is 0 Å². The molecule has 3 heterocycles. The normalized spacial score (nSPS) is 15.2. The summed E-state index contributed by atoms with van der Waals surface area (Å²) >= 11 is 0. The van der Waals surface area contributed by atoms with Crippen molar-refractivity contribution in [2.45, 2.75) is 20.4 Å². The summed E-state index contributed by atoms with van der Waals surface area (Å²) in [6, 6.07) is 10.3. The monoisotopic (exact) mass is 335 g/mol. The second-order valence-electron chi connectivity index (χ2n) is 6.59. The zero-order valence-electron chi connectivity index (χ0n) is 14.5. The van der Waals surface area contributed by atoms with Crippen molar-refractivity contribution in [3.8, 4) is 0 Å². The van der Waals surface area contributed by atoms with Gasteiger partial charge in [0, 0.05) is 32.0 Å². The summed E-state index contributed by atoms with van der Waals surface area (Å²) in [6.45, 7) is 6.52. The van der Waals surface area contributed by atoms with E-state index in [1.54, 1.807) is 6.20 Å². The molecule has 1 aromatic carbocycles. The number of piperazine rings is 1. The molecule has 128 valence electrons. The third-order valence-corrected chi connectivity index (χ3v) is 4.57. The van der Waals surface area contributed by atoms with Crippen molar-refractivity contribution in [2.24, 2.45) is 0 Å². The van der Waals surface area contributed by atoms with Crippen LogP contribution in [-0.2, 0) is 11.3 Å². The Morgan fingerprint density at radius 3 is 2.84 bits per heavy atom. The van der Waals surface area contributed by atoms with Gasteiger partial charge in [-0.2, -0.15) is 5.10 Å². The molecule has 6 heteroatoms. The number of carbonyl (C=O) groups is 1. The van der Waals surface area contributed by atoms with Crippen LogP contribution in [0.1, 0.15) is 16.8 Å². The van der Waals surface area contributed by atoms with Crippen LogP contribution in [0.2, 0.25) is 0 Å². The number of hydrogen-bond acceptors (Lipinski definition) is 4. The minimum absolute atomic E-state index is 0.132. The molecule has 25 heavy (non-hydrogen) atoms. The van der Waals surface area contributed by atoms with Crippen LogP contribution in [0.4, 0.5) is 5.82 Å². The zero-order chi connectivity index (χ0) is 17.4. The largest absolute Gasteiger partial charge is 0.344 e. The maximum absolute atomic E-state index is 12.6. The van der Waals surface area contributed by atoms with E-state index in [2.05, 4.69) is 35.2 Å². The van der Waals surface area contributed by atoms with Crippen molar-refractivity contribution in [1.29, 1.82) is 0 Å². The molecule has 0 unspecified atom stereocenters. The van der Waals surface area contributed by atoms with Gasteiger partial charge in [-0.15, -0.1) is 0 Å². The molecule has 0 bridgehead atoms. The fraction of sp³-hybridized carbons (Fsp3) is 0.316. The predicted octanol–water partition coefficient (Wildman–Crippen LogP) is 2.19. The van der Waals surface area contributed by atoms with Gasteiger partial charge in [-0.1, -0.05) is 29.8 Å². The minimum Gasteiger partial charge on any atom is -0.344 e. The molecule has 1 fully saturated rings. The van der Waals surface area contributed by atoms with Crippen molar-refractivity contribution in [3.05, 3.63) is 59.5 Å². The molecular weight excluding hydrogens is 314 g/mol. The Morgan fingerprint density at radius 1 is 1.16 bits per heavy atom. The number of amides is 1. The number of benzene rings is 1. The third-order valence-electron chi connectivity index (χ3n) is 4.57. The number of fused-ring (bicyclic) bond motifs is 1. The molecule has 4 rings (SSSR count). The van der Waals surface area contributed by atoms with Crippen LogP contribution in [0.15, 0.2) is 42.7 Å². The fourth-order valence-electron chi connectivity index (χ4n) is 3.36. The SMILES string of the molecule is Cc1cccc(CN2CCN(c3nccn4nc(C)cc34)CC2=O)c1.